The number of rotatable bonds is 2. The molecule has 2 atom stereocenters. The minimum absolute atomic E-state index is 0.0266. The molecule has 0 spiro atoms. The van der Waals surface area contributed by atoms with Gasteiger partial charge in [-0.1, -0.05) is 13.0 Å². The van der Waals surface area contributed by atoms with Crippen LogP contribution in [0.4, 0.5) is 10.5 Å². The third-order valence-electron chi connectivity index (χ3n) is 5.20. The van der Waals surface area contributed by atoms with E-state index in [2.05, 4.69) is 26.1 Å². The second kappa shape index (κ2) is 6.83. The fourth-order valence-corrected chi connectivity index (χ4v) is 3.59. The van der Waals surface area contributed by atoms with E-state index in [1.165, 1.54) is 17.5 Å². The summed E-state index contributed by atoms with van der Waals surface area (Å²) >= 11 is 0. The van der Waals surface area contributed by atoms with Gasteiger partial charge in [0.2, 0.25) is 5.91 Å². The highest BCUT2D eigenvalue weighted by atomic mass is 16.2. The maximum Gasteiger partial charge on any atom is 0.317 e. The van der Waals surface area contributed by atoms with Gasteiger partial charge in [-0.05, 0) is 55.9 Å². The predicted molar refractivity (Wildman–Crippen MR) is 95.2 cm³/mol. The lowest BCUT2D eigenvalue weighted by Crippen LogP contribution is -2.49. The van der Waals surface area contributed by atoms with Gasteiger partial charge in [0.25, 0.3) is 0 Å². The molecule has 0 aromatic heterocycles. The summed E-state index contributed by atoms with van der Waals surface area (Å²) in [5.41, 5.74) is 3.32. The molecule has 1 aromatic carbocycles. The number of piperidine rings is 1. The highest BCUT2D eigenvalue weighted by Gasteiger charge is 2.33. The van der Waals surface area contributed by atoms with Crippen LogP contribution in [0.25, 0.3) is 0 Å². The van der Waals surface area contributed by atoms with E-state index >= 15 is 0 Å². The standard InChI is InChI=1S/C19H27N3O2/c1-13-5-4-8-21(11-13)19(24)20-16-10-18(23)22(12-16)17-7-6-14(2)15(3)9-17/h6-7,9,13,16H,4-5,8,10-12H2,1-3H3,(H,20,24)/t13-,16-/m1/s1. The van der Waals surface area contributed by atoms with Crippen LogP contribution < -0.4 is 10.2 Å². The van der Waals surface area contributed by atoms with Crippen LogP contribution in [0.1, 0.15) is 37.3 Å². The lowest BCUT2D eigenvalue weighted by molar-refractivity contribution is -0.117. The van der Waals surface area contributed by atoms with Gasteiger partial charge >= 0.3 is 6.03 Å². The van der Waals surface area contributed by atoms with Crippen molar-refractivity contribution in [3.63, 3.8) is 0 Å². The van der Waals surface area contributed by atoms with Gasteiger partial charge in [0.1, 0.15) is 0 Å². The summed E-state index contributed by atoms with van der Waals surface area (Å²) in [6.45, 7) is 8.48. The Morgan fingerprint density at radius 2 is 2.00 bits per heavy atom. The normalized spacial score (nSPS) is 24.4. The molecule has 0 bridgehead atoms. The van der Waals surface area contributed by atoms with Gasteiger partial charge in [0.05, 0.1) is 6.04 Å². The number of likely N-dealkylation sites (tertiary alicyclic amines) is 1. The Hall–Kier alpha value is -2.04. The molecule has 130 valence electrons. The molecule has 0 unspecified atom stereocenters. The number of carbonyl (C=O) groups is 2. The van der Waals surface area contributed by atoms with E-state index in [1.807, 2.05) is 23.1 Å². The minimum Gasteiger partial charge on any atom is -0.333 e. The summed E-state index contributed by atoms with van der Waals surface area (Å²) in [7, 11) is 0. The highest BCUT2D eigenvalue weighted by Crippen LogP contribution is 2.24. The number of nitrogens with one attached hydrogen (secondary N) is 1. The van der Waals surface area contributed by atoms with Crippen molar-refractivity contribution in [3.05, 3.63) is 29.3 Å². The van der Waals surface area contributed by atoms with Crippen molar-refractivity contribution < 1.29 is 9.59 Å². The summed E-state index contributed by atoms with van der Waals surface area (Å²) in [6.07, 6.45) is 2.63. The smallest absolute Gasteiger partial charge is 0.317 e. The lowest BCUT2D eigenvalue weighted by Gasteiger charge is -2.31. The summed E-state index contributed by atoms with van der Waals surface area (Å²) in [5.74, 6) is 0.636. The molecular formula is C19H27N3O2. The zero-order valence-corrected chi connectivity index (χ0v) is 14.8. The van der Waals surface area contributed by atoms with Crippen LogP contribution in [-0.4, -0.2) is 42.5 Å². The molecule has 24 heavy (non-hydrogen) atoms. The molecule has 0 radical (unpaired) electrons. The number of aryl methyl sites for hydroxylation is 2. The van der Waals surface area contributed by atoms with Crippen molar-refractivity contribution in [2.24, 2.45) is 5.92 Å². The van der Waals surface area contributed by atoms with Gasteiger partial charge < -0.3 is 15.1 Å². The van der Waals surface area contributed by atoms with E-state index in [4.69, 9.17) is 0 Å². The number of carbonyl (C=O) groups excluding carboxylic acids is 2. The molecule has 5 heteroatoms. The molecule has 1 N–H and O–H groups in total. The van der Waals surface area contributed by atoms with E-state index in [0.717, 1.165) is 25.2 Å². The average molecular weight is 329 g/mol. The first-order valence-electron chi connectivity index (χ1n) is 8.87. The molecule has 2 aliphatic rings. The molecule has 2 fully saturated rings. The van der Waals surface area contributed by atoms with E-state index in [0.29, 0.717) is 18.9 Å². The second-order valence-corrected chi connectivity index (χ2v) is 7.32. The van der Waals surface area contributed by atoms with Crippen LogP contribution in [0.15, 0.2) is 18.2 Å². The highest BCUT2D eigenvalue weighted by molar-refractivity contribution is 5.96. The van der Waals surface area contributed by atoms with Gasteiger partial charge in [-0.15, -0.1) is 0 Å². The van der Waals surface area contributed by atoms with E-state index < -0.39 is 0 Å². The van der Waals surface area contributed by atoms with Crippen LogP contribution >= 0.6 is 0 Å². The van der Waals surface area contributed by atoms with Crippen LogP contribution in [0.2, 0.25) is 0 Å². The third kappa shape index (κ3) is 3.55. The van der Waals surface area contributed by atoms with Gasteiger partial charge in [-0.2, -0.15) is 0 Å². The largest absolute Gasteiger partial charge is 0.333 e. The Labute approximate surface area is 144 Å². The lowest BCUT2D eigenvalue weighted by atomic mass is 10.0. The molecular weight excluding hydrogens is 302 g/mol. The maximum atomic E-state index is 12.4. The van der Waals surface area contributed by atoms with Gasteiger partial charge in [0, 0.05) is 31.7 Å². The van der Waals surface area contributed by atoms with Crippen LogP contribution in [0, 0.1) is 19.8 Å². The van der Waals surface area contributed by atoms with Crippen molar-refractivity contribution in [2.75, 3.05) is 24.5 Å². The topological polar surface area (TPSA) is 52.7 Å². The molecule has 1 aromatic rings. The zero-order valence-electron chi connectivity index (χ0n) is 14.8. The summed E-state index contributed by atoms with van der Waals surface area (Å²) in [5, 5.41) is 3.05. The number of hydrogen-bond acceptors (Lipinski definition) is 2. The second-order valence-electron chi connectivity index (χ2n) is 7.32. The fraction of sp³-hybridized carbons (Fsp3) is 0.579. The number of urea groups is 1. The SMILES string of the molecule is Cc1ccc(N2C[C@H](NC(=O)N3CCC[C@@H](C)C3)CC2=O)cc1C. The van der Waals surface area contributed by atoms with E-state index in [-0.39, 0.29) is 18.0 Å². The van der Waals surface area contributed by atoms with Crippen molar-refractivity contribution in [1.82, 2.24) is 10.2 Å². The first-order chi connectivity index (χ1) is 11.4. The monoisotopic (exact) mass is 329 g/mol. The third-order valence-corrected chi connectivity index (χ3v) is 5.20. The molecule has 2 heterocycles. The first-order valence-corrected chi connectivity index (χ1v) is 8.87. The Balaban J connectivity index is 1.62. The van der Waals surface area contributed by atoms with Gasteiger partial charge in [-0.3, -0.25) is 4.79 Å². The first kappa shape index (κ1) is 16.8. The average Bonchev–Trinajstić information content (AvgIpc) is 2.90. The van der Waals surface area contributed by atoms with E-state index in [9.17, 15) is 9.59 Å². The molecule has 0 aliphatic carbocycles. The molecule has 2 saturated heterocycles. The van der Waals surface area contributed by atoms with E-state index in [1.54, 1.807) is 4.90 Å². The van der Waals surface area contributed by atoms with Crippen molar-refractivity contribution in [3.8, 4) is 0 Å². The van der Waals surface area contributed by atoms with Crippen LogP contribution in [-0.2, 0) is 4.79 Å². The molecule has 3 rings (SSSR count). The Morgan fingerprint density at radius 3 is 2.71 bits per heavy atom. The molecule has 3 amide bonds. The zero-order chi connectivity index (χ0) is 17.3. The summed E-state index contributed by atoms with van der Waals surface area (Å²) in [4.78, 5) is 28.5. The molecule has 0 saturated carbocycles. The Morgan fingerprint density at radius 1 is 1.21 bits per heavy atom. The number of hydrogen-bond donors (Lipinski definition) is 1. The van der Waals surface area contributed by atoms with Gasteiger partial charge in [0.15, 0.2) is 0 Å². The van der Waals surface area contributed by atoms with Crippen LogP contribution in [0.5, 0.6) is 0 Å². The summed E-state index contributed by atoms with van der Waals surface area (Å²) in [6, 6.07) is 5.93. The quantitative estimate of drug-likeness (QED) is 0.907. The Kier molecular flexibility index (Phi) is 4.78. The van der Waals surface area contributed by atoms with Crippen molar-refractivity contribution >= 4 is 17.6 Å². The van der Waals surface area contributed by atoms with Crippen molar-refractivity contribution in [1.29, 1.82) is 0 Å². The number of benzene rings is 1. The Bertz CT molecular complexity index is 643. The number of anilines is 1. The van der Waals surface area contributed by atoms with Crippen LogP contribution in [0.3, 0.4) is 0 Å². The molecule has 5 nitrogen and oxygen atoms in total. The summed E-state index contributed by atoms with van der Waals surface area (Å²) < 4.78 is 0. The molecule has 2 aliphatic heterocycles. The fourth-order valence-electron chi connectivity index (χ4n) is 3.59. The van der Waals surface area contributed by atoms with Gasteiger partial charge in [-0.25, -0.2) is 4.79 Å². The number of amides is 3. The number of nitrogens with zero attached hydrogens (tertiary/aromatic N) is 2. The maximum absolute atomic E-state index is 12.4. The van der Waals surface area contributed by atoms with Crippen molar-refractivity contribution in [2.45, 2.75) is 46.1 Å². The minimum atomic E-state index is -0.108. The predicted octanol–water partition coefficient (Wildman–Crippen LogP) is 2.85.